The van der Waals surface area contributed by atoms with E-state index in [0.29, 0.717) is 30.0 Å². The molecule has 2 rings (SSSR count). The van der Waals surface area contributed by atoms with Gasteiger partial charge in [0, 0.05) is 6.04 Å². The number of carboxylic acid groups (broad SMARTS) is 1. The van der Waals surface area contributed by atoms with Crippen LogP contribution in [0.15, 0.2) is 24.3 Å². The molecule has 2 unspecified atom stereocenters. The average molecular weight is 283 g/mol. The summed E-state index contributed by atoms with van der Waals surface area (Å²) in [6.07, 6.45) is 1.77. The van der Waals surface area contributed by atoms with Crippen molar-refractivity contribution in [2.45, 2.75) is 25.3 Å². The van der Waals surface area contributed by atoms with Gasteiger partial charge < -0.3 is 15.7 Å². The maximum atomic E-state index is 11.8. The van der Waals surface area contributed by atoms with E-state index in [4.69, 9.17) is 16.7 Å². The van der Waals surface area contributed by atoms with Gasteiger partial charge in [-0.25, -0.2) is 4.79 Å². The molecular weight excluding hydrogens is 268 g/mol. The van der Waals surface area contributed by atoms with Crippen LogP contribution in [0, 0.1) is 5.92 Å². The van der Waals surface area contributed by atoms with E-state index in [9.17, 15) is 9.59 Å². The number of anilines is 1. The van der Waals surface area contributed by atoms with Crippen LogP contribution in [0.4, 0.5) is 10.5 Å². The minimum atomic E-state index is -0.796. The lowest BCUT2D eigenvalue weighted by atomic mass is 10.1. The third-order valence-electron chi connectivity index (χ3n) is 3.24. The number of urea groups is 1. The maximum absolute atomic E-state index is 11.8. The van der Waals surface area contributed by atoms with Gasteiger partial charge >= 0.3 is 12.0 Å². The molecule has 0 spiro atoms. The standard InChI is InChI=1S/C13H15ClN2O3/c14-10-3-1-2-4-11(10)16-13(19)15-9-6-5-8(7-9)12(17)18/h1-4,8-9H,5-7H2,(H,17,18)(H2,15,16,19). The van der Waals surface area contributed by atoms with Crippen LogP contribution in [0.3, 0.4) is 0 Å². The lowest BCUT2D eigenvalue weighted by Crippen LogP contribution is -2.36. The van der Waals surface area contributed by atoms with Gasteiger partial charge in [0.05, 0.1) is 16.6 Å². The first kappa shape index (κ1) is 13.7. The van der Waals surface area contributed by atoms with Crippen molar-refractivity contribution in [1.82, 2.24) is 5.32 Å². The van der Waals surface area contributed by atoms with Crippen molar-refractivity contribution in [2.75, 3.05) is 5.32 Å². The van der Waals surface area contributed by atoms with E-state index in [2.05, 4.69) is 10.6 Å². The molecule has 1 saturated carbocycles. The molecule has 0 bridgehead atoms. The molecule has 1 aromatic carbocycles. The molecule has 5 nitrogen and oxygen atoms in total. The normalized spacial score (nSPS) is 21.9. The van der Waals surface area contributed by atoms with E-state index in [-0.39, 0.29) is 18.0 Å². The van der Waals surface area contributed by atoms with Crippen molar-refractivity contribution in [3.63, 3.8) is 0 Å². The second-order valence-corrected chi connectivity index (χ2v) is 5.03. The zero-order valence-electron chi connectivity index (χ0n) is 10.2. The van der Waals surface area contributed by atoms with Crippen molar-refractivity contribution in [1.29, 1.82) is 0 Å². The fraction of sp³-hybridized carbons (Fsp3) is 0.385. The van der Waals surface area contributed by atoms with Crippen molar-refractivity contribution in [2.24, 2.45) is 5.92 Å². The summed E-state index contributed by atoms with van der Waals surface area (Å²) in [4.78, 5) is 22.6. The van der Waals surface area contributed by atoms with Crippen LogP contribution in [-0.4, -0.2) is 23.1 Å². The van der Waals surface area contributed by atoms with Crippen molar-refractivity contribution in [3.8, 4) is 0 Å². The highest BCUT2D eigenvalue weighted by Gasteiger charge is 2.30. The highest BCUT2D eigenvalue weighted by molar-refractivity contribution is 6.33. The molecule has 2 amide bonds. The summed E-state index contributed by atoms with van der Waals surface area (Å²) in [5.74, 6) is -1.15. The largest absolute Gasteiger partial charge is 0.481 e. The molecule has 3 N–H and O–H groups in total. The first-order valence-electron chi connectivity index (χ1n) is 6.11. The van der Waals surface area contributed by atoms with Gasteiger partial charge in [-0.1, -0.05) is 23.7 Å². The molecule has 0 aromatic heterocycles. The third-order valence-corrected chi connectivity index (χ3v) is 3.57. The van der Waals surface area contributed by atoms with Gasteiger partial charge in [-0.15, -0.1) is 0 Å². The fourth-order valence-electron chi connectivity index (χ4n) is 2.24. The van der Waals surface area contributed by atoms with E-state index in [1.54, 1.807) is 24.3 Å². The Morgan fingerprint density at radius 2 is 2.00 bits per heavy atom. The molecule has 2 atom stereocenters. The summed E-state index contributed by atoms with van der Waals surface area (Å²) < 4.78 is 0. The number of aliphatic carboxylic acids is 1. The second kappa shape index (κ2) is 5.93. The highest BCUT2D eigenvalue weighted by atomic mass is 35.5. The summed E-state index contributed by atoms with van der Waals surface area (Å²) in [6.45, 7) is 0. The minimum Gasteiger partial charge on any atom is -0.481 e. The minimum absolute atomic E-state index is 0.0939. The summed E-state index contributed by atoms with van der Waals surface area (Å²) in [7, 11) is 0. The van der Waals surface area contributed by atoms with Gasteiger partial charge in [-0.2, -0.15) is 0 Å². The van der Waals surface area contributed by atoms with Crippen LogP contribution in [0.25, 0.3) is 0 Å². The van der Waals surface area contributed by atoms with Crippen molar-refractivity contribution < 1.29 is 14.7 Å². The fourth-order valence-corrected chi connectivity index (χ4v) is 2.43. The van der Waals surface area contributed by atoms with E-state index in [0.717, 1.165) is 0 Å². The summed E-state index contributed by atoms with van der Waals surface area (Å²) >= 11 is 5.93. The molecule has 1 aliphatic carbocycles. The van der Waals surface area contributed by atoms with Gasteiger partial charge in [0.15, 0.2) is 0 Å². The molecule has 0 saturated heterocycles. The lowest BCUT2D eigenvalue weighted by molar-refractivity contribution is -0.141. The Kier molecular flexibility index (Phi) is 4.27. The summed E-state index contributed by atoms with van der Waals surface area (Å²) in [5, 5.41) is 14.8. The van der Waals surface area contributed by atoms with Crippen molar-refractivity contribution >= 4 is 29.3 Å². The zero-order valence-corrected chi connectivity index (χ0v) is 11.0. The first-order chi connectivity index (χ1) is 9.06. The van der Waals surface area contributed by atoms with Crippen LogP contribution in [-0.2, 0) is 4.79 Å². The number of nitrogens with one attached hydrogen (secondary N) is 2. The van der Waals surface area contributed by atoms with E-state index in [1.165, 1.54) is 0 Å². The number of carbonyl (C=O) groups is 2. The molecule has 0 heterocycles. The predicted molar refractivity (Wildman–Crippen MR) is 72.4 cm³/mol. The average Bonchev–Trinajstić information content (AvgIpc) is 2.80. The van der Waals surface area contributed by atoms with Crippen LogP contribution in [0.5, 0.6) is 0 Å². The van der Waals surface area contributed by atoms with Gasteiger partial charge in [0.25, 0.3) is 0 Å². The highest BCUT2D eigenvalue weighted by Crippen LogP contribution is 2.26. The quantitative estimate of drug-likeness (QED) is 0.797. The molecule has 1 aliphatic rings. The topological polar surface area (TPSA) is 78.4 Å². The molecule has 6 heteroatoms. The number of hydrogen-bond donors (Lipinski definition) is 3. The van der Waals surface area contributed by atoms with Gasteiger partial charge in [0.1, 0.15) is 0 Å². The monoisotopic (exact) mass is 282 g/mol. The Balaban J connectivity index is 1.86. The van der Waals surface area contributed by atoms with Crippen molar-refractivity contribution in [3.05, 3.63) is 29.3 Å². The van der Waals surface area contributed by atoms with E-state index < -0.39 is 5.97 Å². The smallest absolute Gasteiger partial charge is 0.319 e. The Bertz CT molecular complexity index is 493. The van der Waals surface area contributed by atoms with E-state index in [1.807, 2.05) is 0 Å². The number of halogens is 1. The number of hydrogen-bond acceptors (Lipinski definition) is 2. The van der Waals surface area contributed by atoms with Crippen LogP contribution in [0.2, 0.25) is 5.02 Å². The Morgan fingerprint density at radius 3 is 2.63 bits per heavy atom. The van der Waals surface area contributed by atoms with Gasteiger partial charge in [-0.05, 0) is 31.4 Å². The van der Waals surface area contributed by atoms with Crippen LogP contribution in [0.1, 0.15) is 19.3 Å². The second-order valence-electron chi connectivity index (χ2n) is 4.62. The number of benzene rings is 1. The third kappa shape index (κ3) is 3.61. The molecule has 102 valence electrons. The Labute approximate surface area is 116 Å². The number of carboxylic acids is 1. The number of rotatable bonds is 3. The Morgan fingerprint density at radius 1 is 1.26 bits per heavy atom. The van der Waals surface area contributed by atoms with E-state index >= 15 is 0 Å². The predicted octanol–water partition coefficient (Wildman–Crippen LogP) is 2.71. The molecule has 0 aliphatic heterocycles. The van der Waals surface area contributed by atoms with Crippen LogP contribution < -0.4 is 10.6 Å². The summed E-state index contributed by atoms with van der Waals surface area (Å²) in [6, 6.07) is 6.49. The van der Waals surface area contributed by atoms with Gasteiger partial charge in [-0.3, -0.25) is 4.79 Å². The zero-order chi connectivity index (χ0) is 13.8. The number of para-hydroxylation sites is 1. The first-order valence-corrected chi connectivity index (χ1v) is 6.49. The molecular formula is C13H15ClN2O3. The molecule has 1 fully saturated rings. The number of carbonyl (C=O) groups excluding carboxylic acids is 1. The SMILES string of the molecule is O=C(Nc1ccccc1Cl)NC1CCC(C(=O)O)C1. The maximum Gasteiger partial charge on any atom is 0.319 e. The molecule has 0 radical (unpaired) electrons. The van der Waals surface area contributed by atoms with Crippen LogP contribution >= 0.6 is 11.6 Å². The molecule has 1 aromatic rings. The van der Waals surface area contributed by atoms with Gasteiger partial charge in [0.2, 0.25) is 0 Å². The summed E-state index contributed by atoms with van der Waals surface area (Å²) in [5.41, 5.74) is 0.537. The number of amides is 2. The lowest BCUT2D eigenvalue weighted by Gasteiger charge is -2.14. The molecule has 19 heavy (non-hydrogen) atoms. The Hall–Kier alpha value is -1.75.